The number of rotatable bonds is 7. The van der Waals surface area contributed by atoms with E-state index in [0.29, 0.717) is 18.8 Å². The summed E-state index contributed by atoms with van der Waals surface area (Å²) in [4.78, 5) is 26.7. The van der Waals surface area contributed by atoms with Crippen molar-refractivity contribution in [2.24, 2.45) is 0 Å². The molecular formula is C22H26FN3O4. The summed E-state index contributed by atoms with van der Waals surface area (Å²) in [5.41, 5.74) is 1.73. The summed E-state index contributed by atoms with van der Waals surface area (Å²) in [7, 11) is 1.61. The normalized spacial score (nSPS) is 15.3. The quantitative estimate of drug-likeness (QED) is 0.672. The van der Waals surface area contributed by atoms with Crippen LogP contribution in [0.4, 0.5) is 4.39 Å². The van der Waals surface area contributed by atoms with Gasteiger partial charge in [0.2, 0.25) is 0 Å². The molecule has 2 N–H and O–H groups in total. The number of benzene rings is 2. The number of methoxy groups -OCH3 is 1. The third-order valence-corrected chi connectivity index (χ3v) is 5.02. The molecule has 1 aliphatic rings. The summed E-state index contributed by atoms with van der Waals surface area (Å²) in [6.45, 7) is 3.16. The van der Waals surface area contributed by atoms with E-state index in [0.717, 1.165) is 24.4 Å². The molecule has 2 aromatic rings. The fourth-order valence-electron chi connectivity index (χ4n) is 3.31. The number of carbonyl (C=O) groups is 2. The fraction of sp³-hybridized carbons (Fsp3) is 0.364. The van der Waals surface area contributed by atoms with Gasteiger partial charge in [-0.25, -0.2) is 4.39 Å². The van der Waals surface area contributed by atoms with Crippen molar-refractivity contribution in [1.29, 1.82) is 0 Å². The number of nitrogens with zero attached hydrogens (tertiary/aromatic N) is 1. The van der Waals surface area contributed by atoms with Crippen molar-refractivity contribution in [2.45, 2.75) is 12.6 Å². The van der Waals surface area contributed by atoms with Crippen LogP contribution in [0.3, 0.4) is 0 Å². The minimum absolute atomic E-state index is 0.0892. The molecule has 0 bridgehead atoms. The molecule has 30 heavy (non-hydrogen) atoms. The van der Waals surface area contributed by atoms with Crippen LogP contribution >= 0.6 is 0 Å². The summed E-state index contributed by atoms with van der Waals surface area (Å²) < 4.78 is 23.6. The molecule has 3 rings (SSSR count). The van der Waals surface area contributed by atoms with Crippen molar-refractivity contribution in [3.8, 4) is 5.75 Å². The summed E-state index contributed by atoms with van der Waals surface area (Å²) >= 11 is 0. The van der Waals surface area contributed by atoms with Crippen molar-refractivity contribution in [1.82, 2.24) is 15.5 Å². The lowest BCUT2D eigenvalue weighted by Gasteiger charge is -2.34. The van der Waals surface area contributed by atoms with Crippen molar-refractivity contribution in [3.05, 3.63) is 65.5 Å². The van der Waals surface area contributed by atoms with Crippen LogP contribution < -0.4 is 15.4 Å². The average Bonchev–Trinajstić information content (AvgIpc) is 2.79. The molecular weight excluding hydrogens is 389 g/mol. The molecule has 2 amide bonds. The predicted molar refractivity (Wildman–Crippen MR) is 109 cm³/mol. The van der Waals surface area contributed by atoms with Gasteiger partial charge < -0.3 is 20.1 Å². The van der Waals surface area contributed by atoms with Gasteiger partial charge in [0, 0.05) is 26.2 Å². The SMILES string of the molecule is COc1ccc([C@@H](CNC(=O)C(=O)NCc2ccc(F)cc2)N2CCOCC2)cc1. The molecule has 7 nitrogen and oxygen atoms in total. The molecule has 0 saturated carbocycles. The molecule has 160 valence electrons. The number of ether oxygens (including phenoxy) is 2. The second kappa shape index (κ2) is 10.7. The standard InChI is InChI=1S/C22H26FN3O4/c1-29-19-8-4-17(5-9-19)20(26-10-12-30-13-11-26)15-25-22(28)21(27)24-14-16-2-6-18(23)7-3-16/h2-9,20H,10-15H2,1H3,(H,24,27)(H,25,28)/t20-/m1/s1. The molecule has 1 heterocycles. The Morgan fingerprint density at radius 2 is 1.67 bits per heavy atom. The molecule has 0 spiro atoms. The number of carbonyl (C=O) groups excluding carboxylic acids is 2. The van der Waals surface area contributed by atoms with Crippen LogP contribution in [0.1, 0.15) is 17.2 Å². The lowest BCUT2D eigenvalue weighted by Crippen LogP contribution is -2.46. The number of hydrogen-bond donors (Lipinski definition) is 2. The van der Waals surface area contributed by atoms with Crippen LogP contribution in [0.5, 0.6) is 5.75 Å². The third-order valence-electron chi connectivity index (χ3n) is 5.02. The Labute approximate surface area is 175 Å². The van der Waals surface area contributed by atoms with E-state index in [4.69, 9.17) is 9.47 Å². The Morgan fingerprint density at radius 3 is 2.30 bits per heavy atom. The maximum Gasteiger partial charge on any atom is 0.309 e. The average molecular weight is 415 g/mol. The Balaban J connectivity index is 1.58. The topological polar surface area (TPSA) is 79.9 Å². The first-order valence-corrected chi connectivity index (χ1v) is 9.83. The van der Waals surface area contributed by atoms with Gasteiger partial charge in [-0.1, -0.05) is 24.3 Å². The van der Waals surface area contributed by atoms with Crippen LogP contribution in [-0.2, 0) is 20.9 Å². The van der Waals surface area contributed by atoms with Crippen molar-refractivity contribution >= 4 is 11.8 Å². The maximum atomic E-state index is 13.0. The molecule has 2 aromatic carbocycles. The van der Waals surface area contributed by atoms with Gasteiger partial charge in [-0.05, 0) is 35.4 Å². The maximum absolute atomic E-state index is 13.0. The number of nitrogens with one attached hydrogen (secondary N) is 2. The number of hydrogen-bond acceptors (Lipinski definition) is 5. The third kappa shape index (κ3) is 6.01. The van der Waals surface area contributed by atoms with Gasteiger partial charge in [0.05, 0.1) is 26.4 Å². The fourth-order valence-corrected chi connectivity index (χ4v) is 3.31. The summed E-state index contributed by atoms with van der Waals surface area (Å²) in [5, 5.41) is 5.28. The smallest absolute Gasteiger partial charge is 0.309 e. The molecule has 1 saturated heterocycles. The highest BCUT2D eigenvalue weighted by molar-refractivity contribution is 6.35. The summed E-state index contributed by atoms with van der Waals surface area (Å²) in [5.74, 6) is -1.03. The van der Waals surface area contributed by atoms with E-state index in [1.54, 1.807) is 19.2 Å². The number of amides is 2. The van der Waals surface area contributed by atoms with Gasteiger partial charge in [-0.3, -0.25) is 14.5 Å². The van der Waals surface area contributed by atoms with E-state index < -0.39 is 11.8 Å². The monoisotopic (exact) mass is 415 g/mol. The van der Waals surface area contributed by atoms with Crippen LogP contribution in [0, 0.1) is 5.82 Å². The first-order chi connectivity index (χ1) is 14.6. The second-order valence-corrected chi connectivity index (χ2v) is 6.96. The molecule has 1 atom stereocenters. The minimum atomic E-state index is -0.727. The molecule has 8 heteroatoms. The Bertz CT molecular complexity index is 836. The highest BCUT2D eigenvalue weighted by Crippen LogP contribution is 2.23. The van der Waals surface area contributed by atoms with E-state index in [-0.39, 0.29) is 24.9 Å². The Hall–Kier alpha value is -2.97. The largest absolute Gasteiger partial charge is 0.497 e. The van der Waals surface area contributed by atoms with Gasteiger partial charge >= 0.3 is 11.8 Å². The first kappa shape index (κ1) is 21.7. The number of halogens is 1. The summed E-state index contributed by atoms with van der Waals surface area (Å²) in [6, 6.07) is 13.3. The molecule has 0 radical (unpaired) electrons. The van der Waals surface area contributed by atoms with Crippen LogP contribution in [0.25, 0.3) is 0 Å². The zero-order valence-corrected chi connectivity index (χ0v) is 16.9. The number of morpholine rings is 1. The van der Waals surface area contributed by atoms with E-state index >= 15 is 0 Å². The van der Waals surface area contributed by atoms with Crippen LogP contribution in [0.15, 0.2) is 48.5 Å². The Kier molecular flexibility index (Phi) is 7.75. The van der Waals surface area contributed by atoms with Gasteiger partial charge in [0.15, 0.2) is 0 Å². The predicted octanol–water partition coefficient (Wildman–Crippen LogP) is 1.64. The van der Waals surface area contributed by atoms with Crippen molar-refractivity contribution < 1.29 is 23.5 Å². The van der Waals surface area contributed by atoms with E-state index in [9.17, 15) is 14.0 Å². The zero-order valence-electron chi connectivity index (χ0n) is 16.9. The van der Waals surface area contributed by atoms with Crippen molar-refractivity contribution in [2.75, 3.05) is 40.0 Å². The lowest BCUT2D eigenvalue weighted by molar-refractivity contribution is -0.139. The van der Waals surface area contributed by atoms with Crippen LogP contribution in [0.2, 0.25) is 0 Å². The zero-order chi connectivity index (χ0) is 21.3. The summed E-state index contributed by atoms with van der Waals surface area (Å²) in [6.07, 6.45) is 0. The first-order valence-electron chi connectivity index (χ1n) is 9.83. The highest BCUT2D eigenvalue weighted by atomic mass is 19.1. The van der Waals surface area contributed by atoms with E-state index in [1.165, 1.54) is 12.1 Å². The van der Waals surface area contributed by atoms with Gasteiger partial charge in [-0.2, -0.15) is 0 Å². The molecule has 1 aliphatic heterocycles. The van der Waals surface area contributed by atoms with Gasteiger partial charge in [-0.15, -0.1) is 0 Å². The molecule has 0 aromatic heterocycles. The van der Waals surface area contributed by atoms with Crippen LogP contribution in [-0.4, -0.2) is 56.7 Å². The van der Waals surface area contributed by atoms with Gasteiger partial charge in [0.1, 0.15) is 11.6 Å². The Morgan fingerprint density at radius 1 is 1.03 bits per heavy atom. The van der Waals surface area contributed by atoms with Gasteiger partial charge in [0.25, 0.3) is 0 Å². The lowest BCUT2D eigenvalue weighted by atomic mass is 10.0. The van der Waals surface area contributed by atoms with E-state index in [1.807, 2.05) is 24.3 Å². The molecule has 0 unspecified atom stereocenters. The molecule has 0 aliphatic carbocycles. The van der Waals surface area contributed by atoms with E-state index in [2.05, 4.69) is 15.5 Å². The molecule has 1 fully saturated rings. The highest BCUT2D eigenvalue weighted by Gasteiger charge is 2.24. The van der Waals surface area contributed by atoms with Crippen molar-refractivity contribution in [3.63, 3.8) is 0 Å². The second-order valence-electron chi connectivity index (χ2n) is 6.96. The minimum Gasteiger partial charge on any atom is -0.497 e.